The maximum Gasteiger partial charge on any atom is 0.338 e. The molecule has 0 aliphatic carbocycles. The number of carbonyl (C=O) groups is 1. The first kappa shape index (κ1) is 27.3. The summed E-state index contributed by atoms with van der Waals surface area (Å²) in [6.07, 6.45) is 1.92. The molecule has 0 saturated carbocycles. The van der Waals surface area contributed by atoms with Crippen molar-refractivity contribution < 1.29 is 19.0 Å². The number of hydrogen-bond acceptors (Lipinski definition) is 7. The van der Waals surface area contributed by atoms with Crippen LogP contribution in [0.2, 0.25) is 0 Å². The Bertz CT molecular complexity index is 2040. The number of esters is 1. The molecule has 0 radical (unpaired) electrons. The summed E-state index contributed by atoms with van der Waals surface area (Å²) >= 11 is 1.29. The van der Waals surface area contributed by atoms with E-state index in [9.17, 15) is 9.59 Å². The fourth-order valence-electron chi connectivity index (χ4n) is 5.41. The van der Waals surface area contributed by atoms with Crippen molar-refractivity contribution in [3.8, 4) is 22.8 Å². The molecule has 1 aliphatic heterocycles. The van der Waals surface area contributed by atoms with Crippen LogP contribution in [0.4, 0.5) is 0 Å². The highest BCUT2D eigenvalue weighted by atomic mass is 32.1. The molecule has 0 saturated heterocycles. The van der Waals surface area contributed by atoms with Crippen LogP contribution in [0.5, 0.6) is 11.5 Å². The molecule has 9 heteroatoms. The molecule has 1 atom stereocenters. The van der Waals surface area contributed by atoms with Gasteiger partial charge in [0.05, 0.1) is 48.4 Å². The Kier molecular flexibility index (Phi) is 7.26. The van der Waals surface area contributed by atoms with Gasteiger partial charge in [-0.15, -0.1) is 0 Å². The van der Waals surface area contributed by atoms with Crippen molar-refractivity contribution >= 4 is 34.3 Å². The second-order valence-electron chi connectivity index (χ2n) is 9.74. The summed E-state index contributed by atoms with van der Waals surface area (Å²) in [7, 11) is 3.11. The third kappa shape index (κ3) is 4.61. The van der Waals surface area contributed by atoms with E-state index in [1.54, 1.807) is 44.8 Å². The Morgan fingerprint density at radius 2 is 1.76 bits per heavy atom. The minimum Gasteiger partial charge on any atom is -0.493 e. The quantitative estimate of drug-likeness (QED) is 0.275. The first-order valence-corrected chi connectivity index (χ1v) is 14.3. The molecular formula is C33H29N3O5S. The zero-order valence-electron chi connectivity index (χ0n) is 23.6. The van der Waals surface area contributed by atoms with E-state index in [0.29, 0.717) is 37.7 Å². The summed E-state index contributed by atoms with van der Waals surface area (Å²) in [5.74, 6) is 0.511. The van der Waals surface area contributed by atoms with Crippen molar-refractivity contribution in [2.24, 2.45) is 4.99 Å². The number of nitrogens with one attached hydrogen (secondary N) is 1. The van der Waals surface area contributed by atoms with Crippen LogP contribution in [-0.2, 0) is 9.53 Å². The van der Waals surface area contributed by atoms with Crippen LogP contribution in [0, 0.1) is 0 Å². The number of methoxy groups -OCH3 is 2. The molecule has 212 valence electrons. The summed E-state index contributed by atoms with van der Waals surface area (Å²) in [5.41, 5.74) is 5.04. The number of para-hydroxylation sites is 1. The molecule has 1 unspecified atom stereocenters. The molecule has 8 nitrogen and oxygen atoms in total. The summed E-state index contributed by atoms with van der Waals surface area (Å²) in [5, 5.41) is 1.00. The van der Waals surface area contributed by atoms with E-state index in [4.69, 9.17) is 19.2 Å². The number of aromatic nitrogens is 2. The van der Waals surface area contributed by atoms with Gasteiger partial charge in [0.15, 0.2) is 16.3 Å². The molecule has 0 amide bonds. The standard InChI is InChI=1S/C33H29N3O5S/c1-5-41-32(38)28-19(2)34-33-36(30(28)21-15-16-25(39-3)26(17-21)40-4)31(37)27(42-33)18-23-22-13-9-10-14-24(22)35-29(23)20-11-7-6-8-12-20/h6-18,30,35H,5H2,1-4H3. The monoisotopic (exact) mass is 579 g/mol. The van der Waals surface area contributed by atoms with Gasteiger partial charge in [0.25, 0.3) is 5.56 Å². The van der Waals surface area contributed by atoms with Gasteiger partial charge in [-0.05, 0) is 49.2 Å². The van der Waals surface area contributed by atoms with Crippen LogP contribution < -0.4 is 24.4 Å². The normalized spacial score (nSPS) is 15.0. The third-order valence-electron chi connectivity index (χ3n) is 7.32. The Labute approximate surface area is 245 Å². The lowest BCUT2D eigenvalue weighted by Gasteiger charge is -2.25. The predicted molar refractivity (Wildman–Crippen MR) is 164 cm³/mol. The molecule has 1 aliphatic rings. The number of benzene rings is 3. The molecule has 0 bridgehead atoms. The first-order chi connectivity index (χ1) is 20.4. The first-order valence-electron chi connectivity index (χ1n) is 13.5. The van der Waals surface area contributed by atoms with Crippen LogP contribution in [0.15, 0.2) is 93.9 Å². The topological polar surface area (TPSA) is 94.9 Å². The van der Waals surface area contributed by atoms with Gasteiger partial charge < -0.3 is 19.2 Å². The van der Waals surface area contributed by atoms with E-state index in [0.717, 1.165) is 27.7 Å². The number of hydrogen-bond donors (Lipinski definition) is 1. The van der Waals surface area contributed by atoms with Crippen molar-refractivity contribution in [1.82, 2.24) is 9.55 Å². The Morgan fingerprint density at radius 1 is 1.02 bits per heavy atom. The van der Waals surface area contributed by atoms with Gasteiger partial charge in [-0.3, -0.25) is 9.36 Å². The van der Waals surface area contributed by atoms with Gasteiger partial charge in [0.2, 0.25) is 0 Å². The molecular weight excluding hydrogens is 550 g/mol. The highest BCUT2D eigenvalue weighted by Crippen LogP contribution is 2.36. The van der Waals surface area contributed by atoms with E-state index >= 15 is 0 Å². The van der Waals surface area contributed by atoms with Gasteiger partial charge in [0, 0.05) is 16.5 Å². The van der Waals surface area contributed by atoms with E-state index in [1.165, 1.54) is 11.3 Å². The lowest BCUT2D eigenvalue weighted by molar-refractivity contribution is -0.139. The van der Waals surface area contributed by atoms with Crippen LogP contribution in [0.3, 0.4) is 0 Å². The summed E-state index contributed by atoms with van der Waals surface area (Å²) in [4.78, 5) is 36.3. The number of H-pyrrole nitrogens is 1. The smallest absolute Gasteiger partial charge is 0.338 e. The fraction of sp³-hybridized carbons (Fsp3) is 0.182. The minimum atomic E-state index is -0.765. The van der Waals surface area contributed by atoms with Crippen LogP contribution in [0.25, 0.3) is 28.2 Å². The molecule has 6 rings (SSSR count). The number of allylic oxidation sites excluding steroid dienone is 1. The van der Waals surface area contributed by atoms with E-state index < -0.39 is 12.0 Å². The van der Waals surface area contributed by atoms with Crippen molar-refractivity contribution in [2.75, 3.05) is 20.8 Å². The van der Waals surface area contributed by atoms with Gasteiger partial charge in [-0.1, -0.05) is 65.9 Å². The Balaban J connectivity index is 1.61. The largest absolute Gasteiger partial charge is 0.493 e. The Morgan fingerprint density at radius 3 is 2.50 bits per heavy atom. The van der Waals surface area contributed by atoms with Crippen molar-refractivity contribution in [1.29, 1.82) is 0 Å². The molecule has 5 aromatic rings. The zero-order chi connectivity index (χ0) is 29.4. The molecule has 3 heterocycles. The van der Waals surface area contributed by atoms with Crippen LogP contribution in [0.1, 0.15) is 31.0 Å². The molecule has 0 fully saturated rings. The van der Waals surface area contributed by atoms with Gasteiger partial charge in [-0.2, -0.15) is 0 Å². The summed E-state index contributed by atoms with van der Waals surface area (Å²) in [6.45, 7) is 3.71. The number of ether oxygens (including phenoxy) is 3. The average molecular weight is 580 g/mol. The van der Waals surface area contributed by atoms with Crippen LogP contribution in [-0.4, -0.2) is 36.3 Å². The van der Waals surface area contributed by atoms with E-state index in [-0.39, 0.29) is 12.2 Å². The number of nitrogens with zero attached hydrogens (tertiary/aromatic N) is 2. The maximum atomic E-state index is 14.3. The molecule has 1 N–H and O–H groups in total. The number of rotatable bonds is 7. The van der Waals surface area contributed by atoms with E-state index in [1.807, 2.05) is 66.7 Å². The van der Waals surface area contributed by atoms with Crippen LogP contribution >= 0.6 is 11.3 Å². The molecule has 3 aromatic carbocycles. The lowest BCUT2D eigenvalue weighted by atomic mass is 9.95. The predicted octanol–water partition coefficient (Wildman–Crippen LogP) is 4.96. The average Bonchev–Trinajstić information content (AvgIpc) is 3.53. The molecule has 2 aromatic heterocycles. The second-order valence-corrected chi connectivity index (χ2v) is 10.8. The maximum absolute atomic E-state index is 14.3. The zero-order valence-corrected chi connectivity index (χ0v) is 24.5. The number of carbonyl (C=O) groups excluding carboxylic acids is 1. The molecule has 0 spiro atoms. The van der Waals surface area contributed by atoms with Gasteiger partial charge in [0.1, 0.15) is 0 Å². The highest BCUT2D eigenvalue weighted by molar-refractivity contribution is 7.07. The Hall–Kier alpha value is -4.89. The lowest BCUT2D eigenvalue weighted by Crippen LogP contribution is -2.40. The van der Waals surface area contributed by atoms with Crippen molar-refractivity contribution in [2.45, 2.75) is 19.9 Å². The van der Waals surface area contributed by atoms with E-state index in [2.05, 4.69) is 4.98 Å². The third-order valence-corrected chi connectivity index (χ3v) is 8.31. The summed E-state index contributed by atoms with van der Waals surface area (Å²) in [6, 6.07) is 22.7. The van der Waals surface area contributed by atoms with Gasteiger partial charge >= 0.3 is 5.97 Å². The minimum absolute atomic E-state index is 0.196. The number of fused-ring (bicyclic) bond motifs is 2. The highest BCUT2D eigenvalue weighted by Gasteiger charge is 2.34. The van der Waals surface area contributed by atoms with Crippen molar-refractivity contribution in [3.63, 3.8) is 0 Å². The molecule has 42 heavy (non-hydrogen) atoms. The number of aromatic amines is 1. The SMILES string of the molecule is CCOC(=O)C1=C(C)N=c2sc(=Cc3c(-c4ccccc4)[nH]c4ccccc34)c(=O)n2C1c1ccc(OC)c(OC)c1. The second kappa shape index (κ2) is 11.2. The summed E-state index contributed by atoms with van der Waals surface area (Å²) < 4.78 is 18.5. The van der Waals surface area contributed by atoms with Gasteiger partial charge in [-0.25, -0.2) is 9.79 Å². The van der Waals surface area contributed by atoms with Crippen molar-refractivity contribution in [3.05, 3.63) is 115 Å². The fourth-order valence-corrected chi connectivity index (χ4v) is 6.44. The number of thiazole rings is 1.